The van der Waals surface area contributed by atoms with Gasteiger partial charge in [0.05, 0.1) is 71.7 Å². The first-order valence-corrected chi connectivity index (χ1v) is 43.4. The predicted octanol–water partition coefficient (Wildman–Crippen LogP) is -22.2. The number of amides is 5. The molecule has 5 amide bonds. The van der Waals surface area contributed by atoms with E-state index in [0.29, 0.717) is 0 Å². The molecule has 0 aromatic heterocycles. The largest absolute Gasteiger partial charge is 0.394 e. The molecule has 0 aliphatic carbocycles. The van der Waals surface area contributed by atoms with Crippen LogP contribution in [-0.2, 0) is 123 Å². The van der Waals surface area contributed by atoms with Crippen LogP contribution in [0.3, 0.4) is 0 Å². The van der Waals surface area contributed by atoms with Crippen LogP contribution in [-0.4, -0.2) is 569 Å². The van der Waals surface area contributed by atoms with Crippen molar-refractivity contribution in [3.63, 3.8) is 0 Å². The van der Waals surface area contributed by atoms with Crippen LogP contribution in [0.5, 0.6) is 0 Å². The molecule has 11 fully saturated rings. The SMILES string of the molecule is CC(=O)N[C@@H]1[C@@H](O)[C@H](O[C@@H]2O[C@H](CO)[C@@H](O[C@@H]3O[C@H](CO[C@H]4O[C@H](CO)[C@@H](O)[C@H](O)[C@@H]4O[C@@H]4O[C@H](CO)[C@@H](O[C@@H]5O[C@H](CO)[C@H](O)[C@H](O)[C@H]5O)[C@H](O[C@@H]5O[C@@H](C)[C@@H](O)[C@@H](O)[C@@H]5O)[C@H]4NC(C)=O)[C@@H](O[C@@H]4O[C@H](CO)[C@@H](O)[C@H](O)[C@H]4NC(C)=O)[C@H](O[C@H]4O[C@H](CO)[C@@H](O)[C@H](O)[C@@H]4O[C@@H]4O[C@H](CO)[C@@H](O)[C@H](O)[C@H]4NC(C)=O)[C@@H]3O)[C@H](O)[C@H]2NC(C)=O)[C@@H](CO[C@H]2O[C@H](C)[C@H](O)[C@H](O)[C@H]2O)O[C@H]1O. The Morgan fingerprint density at radius 1 is 0.207 bits per heavy atom. The molecule has 0 saturated carbocycles. The molecular weight excluding hydrogens is 1850 g/mol. The molecular formula is C76H127N5O54. The van der Waals surface area contributed by atoms with E-state index in [4.69, 9.17) is 99.5 Å². The zero-order chi connectivity index (χ0) is 99.4. The Hall–Kier alpha value is -4.61. The standard InChI is InChI=1S/C76H127N5O54/c1-17-38(94)49(105)54(110)71(117-17)115-15-31-59(47(103)33(66(114)119-31)77-19(3)89)128-69-36(80-22(6)92)48(104)58(29(13-87)125-69)129-74-57(113)63(133-76-65(53(109)44(100)28(12-86)124-76)135-68-35(79-21(5)91)46(102)41(97)25(9-83)121-68)61(130-67-34(78-20(4)90)45(101)40(96)24(8-82)120-67)32(127-74)16-116-75-64(52(108)43(99)27(11-85)123-75)134-70-37(81-23(7)93)62(132-72-55(111)50(106)39(95)18(2)118-72)60(30(14-88)126-70)131-73-56(112)51(107)42(98)26(10-84)122-73/h17-18,24-76,82-88,94-114H,8-16H2,1-7H3,(H,77,89)(H,78,90)(H,79,91)(H,80,92)(H,81,93)/t17-,18+,24-,25-,26-,27-,28-,29-,30-,31-,32-,33-,34-,35-,36-,37-,38+,39-,40-,41-,42+,43-,44-,45-,46-,47-,48-,49+,50-,51+,52+,53+,54-,55+,56-,57+,58-,59-,60-,61-,62-,63-,64+,65+,66-,67+,68+,69+,70+,71+,72+,73+,74+,75+,76-/m1/s1. The Morgan fingerprint density at radius 2 is 0.467 bits per heavy atom. The molecule has 11 aliphatic rings. The summed E-state index contributed by atoms with van der Waals surface area (Å²) >= 11 is 0. The molecule has 0 aromatic rings. The van der Waals surface area contributed by atoms with Crippen LogP contribution in [0, 0.1) is 0 Å². The minimum atomic E-state index is -2.80. The first-order chi connectivity index (χ1) is 63.8. The fourth-order valence-corrected chi connectivity index (χ4v) is 17.6. The summed E-state index contributed by atoms with van der Waals surface area (Å²) < 4.78 is 129. The van der Waals surface area contributed by atoms with Crippen molar-refractivity contribution in [2.75, 3.05) is 59.5 Å². The maximum Gasteiger partial charge on any atom is 0.217 e. The van der Waals surface area contributed by atoms with Crippen molar-refractivity contribution in [3.05, 3.63) is 0 Å². The van der Waals surface area contributed by atoms with Gasteiger partial charge in [0.25, 0.3) is 0 Å². The van der Waals surface area contributed by atoms with Gasteiger partial charge in [-0.25, -0.2) is 0 Å². The molecule has 0 aromatic carbocycles. The van der Waals surface area contributed by atoms with Crippen molar-refractivity contribution in [3.8, 4) is 0 Å². The quantitative estimate of drug-likeness (QED) is 0.0284. The van der Waals surface area contributed by atoms with E-state index in [2.05, 4.69) is 26.6 Å². The van der Waals surface area contributed by atoms with Gasteiger partial charge in [0, 0.05) is 34.6 Å². The van der Waals surface area contributed by atoms with E-state index in [1.807, 2.05) is 0 Å². The zero-order valence-electron chi connectivity index (χ0n) is 73.3. The Morgan fingerprint density at radius 3 is 0.926 bits per heavy atom. The van der Waals surface area contributed by atoms with Crippen molar-refractivity contribution in [2.24, 2.45) is 0 Å². The van der Waals surface area contributed by atoms with Gasteiger partial charge in [-0.2, -0.15) is 0 Å². The van der Waals surface area contributed by atoms with Gasteiger partial charge in [0.2, 0.25) is 29.5 Å². The van der Waals surface area contributed by atoms with Crippen LogP contribution < -0.4 is 26.6 Å². The number of ether oxygens (including phenoxy) is 21. The molecule has 0 unspecified atom stereocenters. The monoisotopic (exact) mass is 1970 g/mol. The number of nitrogens with one attached hydrogen (secondary N) is 5. The average molecular weight is 1970 g/mol. The highest BCUT2D eigenvalue weighted by Crippen LogP contribution is 2.43. The number of aliphatic hydroxyl groups is 28. The molecule has 11 rings (SSSR count). The second-order valence-electron chi connectivity index (χ2n) is 34.5. The van der Waals surface area contributed by atoms with Gasteiger partial charge in [0.15, 0.2) is 69.2 Å². The smallest absolute Gasteiger partial charge is 0.217 e. The summed E-state index contributed by atoms with van der Waals surface area (Å²) in [5.74, 6) is -4.94. The summed E-state index contributed by atoms with van der Waals surface area (Å²) in [7, 11) is 0. The van der Waals surface area contributed by atoms with Crippen molar-refractivity contribution in [1.29, 1.82) is 0 Å². The topological polar surface area (TPSA) is 906 Å². The molecule has 11 aliphatic heterocycles. The summed E-state index contributed by atoms with van der Waals surface area (Å²) in [4.78, 5) is 65.9. The maximum atomic E-state index is 13.7. The lowest BCUT2D eigenvalue weighted by Gasteiger charge is -2.52. The molecule has 59 heteroatoms. The molecule has 55 atom stereocenters. The Kier molecular flexibility index (Phi) is 39.5. The summed E-state index contributed by atoms with van der Waals surface area (Å²) in [6.45, 7) is -3.70. The van der Waals surface area contributed by atoms with Gasteiger partial charge in [-0.3, -0.25) is 24.0 Å². The zero-order valence-corrected chi connectivity index (χ0v) is 73.3. The molecule has 135 heavy (non-hydrogen) atoms. The third-order valence-electron chi connectivity index (χ3n) is 24.9. The number of hydrogen-bond acceptors (Lipinski definition) is 54. The number of rotatable bonds is 34. The molecule has 0 bridgehead atoms. The molecule has 59 nitrogen and oxygen atoms in total. The van der Waals surface area contributed by atoms with Gasteiger partial charge in [-0.05, 0) is 13.8 Å². The van der Waals surface area contributed by atoms with Gasteiger partial charge >= 0.3 is 0 Å². The molecule has 33 N–H and O–H groups in total. The molecule has 0 spiro atoms. The highest BCUT2D eigenvalue weighted by Gasteiger charge is 2.63. The Bertz CT molecular complexity index is 3750. The first-order valence-electron chi connectivity index (χ1n) is 43.4. The van der Waals surface area contributed by atoms with E-state index in [1.165, 1.54) is 13.8 Å². The first kappa shape index (κ1) is 111. The van der Waals surface area contributed by atoms with Crippen molar-refractivity contribution >= 4 is 29.5 Å². The summed E-state index contributed by atoms with van der Waals surface area (Å²) in [5.41, 5.74) is 0. The lowest BCUT2D eigenvalue weighted by molar-refractivity contribution is -0.408. The Balaban J connectivity index is 1.03. The highest BCUT2D eigenvalue weighted by atomic mass is 16.8. The van der Waals surface area contributed by atoms with Crippen LogP contribution in [0.2, 0.25) is 0 Å². The van der Waals surface area contributed by atoms with E-state index in [1.54, 1.807) is 0 Å². The van der Waals surface area contributed by atoms with Crippen LogP contribution in [0.25, 0.3) is 0 Å². The second-order valence-corrected chi connectivity index (χ2v) is 34.5. The molecule has 11 saturated heterocycles. The summed E-state index contributed by atoms with van der Waals surface area (Å²) in [6.07, 6.45) is -108. The predicted molar refractivity (Wildman–Crippen MR) is 417 cm³/mol. The number of carbonyl (C=O) groups excluding carboxylic acids is 5. The number of carbonyl (C=O) groups is 5. The van der Waals surface area contributed by atoms with E-state index in [-0.39, 0.29) is 0 Å². The lowest BCUT2D eigenvalue weighted by Crippen LogP contribution is -2.72. The minimum absolute atomic E-state index is 0.877. The fraction of sp³-hybridized carbons (Fsp3) is 0.934. The second kappa shape index (κ2) is 48.2. The number of hydrogen-bond donors (Lipinski definition) is 33. The van der Waals surface area contributed by atoms with E-state index < -0.39 is 426 Å². The Labute approximate surface area is 765 Å². The van der Waals surface area contributed by atoms with Crippen LogP contribution >= 0.6 is 0 Å². The van der Waals surface area contributed by atoms with E-state index in [9.17, 15) is 167 Å². The van der Waals surface area contributed by atoms with Crippen molar-refractivity contribution in [2.45, 2.75) is 386 Å². The van der Waals surface area contributed by atoms with Crippen LogP contribution in [0.1, 0.15) is 48.5 Å². The van der Waals surface area contributed by atoms with Gasteiger partial charge in [-0.1, -0.05) is 0 Å². The van der Waals surface area contributed by atoms with Crippen molar-refractivity contribution < 1.29 is 266 Å². The third kappa shape index (κ3) is 24.7. The van der Waals surface area contributed by atoms with Gasteiger partial charge < -0.3 is 269 Å². The molecule has 780 valence electrons. The van der Waals surface area contributed by atoms with Crippen LogP contribution in [0.15, 0.2) is 0 Å². The third-order valence-corrected chi connectivity index (χ3v) is 24.9. The fourth-order valence-electron chi connectivity index (χ4n) is 17.6. The maximum absolute atomic E-state index is 13.7. The van der Waals surface area contributed by atoms with Crippen molar-refractivity contribution in [1.82, 2.24) is 26.6 Å². The van der Waals surface area contributed by atoms with Gasteiger partial charge in [0.1, 0.15) is 256 Å². The number of aliphatic hydroxyl groups excluding tert-OH is 28. The summed E-state index contributed by atoms with van der Waals surface area (Å²) in [5, 5.41) is 330. The minimum Gasteiger partial charge on any atom is -0.394 e. The molecule has 11 heterocycles. The highest BCUT2D eigenvalue weighted by molar-refractivity contribution is 5.75. The molecule has 0 radical (unpaired) electrons. The van der Waals surface area contributed by atoms with E-state index >= 15 is 0 Å². The van der Waals surface area contributed by atoms with Gasteiger partial charge in [-0.15, -0.1) is 0 Å². The normalized spacial score (nSPS) is 49.5. The summed E-state index contributed by atoms with van der Waals surface area (Å²) in [6, 6.07) is -10.0. The average Bonchev–Trinajstić information content (AvgIpc) is 0.752. The van der Waals surface area contributed by atoms with Crippen LogP contribution in [0.4, 0.5) is 0 Å². The van der Waals surface area contributed by atoms with E-state index in [0.717, 1.165) is 34.6 Å². The lowest BCUT2D eigenvalue weighted by atomic mass is 9.93.